The van der Waals surface area contributed by atoms with Gasteiger partial charge in [-0.1, -0.05) is 19.3 Å². The van der Waals surface area contributed by atoms with Gasteiger partial charge in [0.15, 0.2) is 5.82 Å². The Balaban J connectivity index is 1.30. The van der Waals surface area contributed by atoms with Crippen LogP contribution in [-0.4, -0.2) is 35.2 Å². The van der Waals surface area contributed by atoms with Crippen molar-refractivity contribution in [1.82, 2.24) is 29.3 Å². The number of amides is 1. The molecule has 1 fully saturated rings. The number of carbonyl (C=O) groups excluding carboxylic acids is 1. The third kappa shape index (κ3) is 3.54. The second-order valence-corrected chi connectivity index (χ2v) is 7.99. The van der Waals surface area contributed by atoms with Gasteiger partial charge in [-0.3, -0.25) is 4.79 Å². The number of aromatic nitrogens is 6. The lowest BCUT2D eigenvalue weighted by atomic mass is 9.88. The summed E-state index contributed by atoms with van der Waals surface area (Å²) in [5, 5.41) is 7.17. The van der Waals surface area contributed by atoms with Gasteiger partial charge in [0, 0.05) is 42.9 Å². The maximum Gasteiger partial charge on any atom is 0.228 e. The summed E-state index contributed by atoms with van der Waals surface area (Å²) in [6.45, 7) is 0.863. The predicted molar refractivity (Wildman–Crippen MR) is 108 cm³/mol. The highest BCUT2D eigenvalue weighted by atomic mass is 16.1. The van der Waals surface area contributed by atoms with Crippen molar-refractivity contribution in [2.75, 3.05) is 5.32 Å². The lowest BCUT2D eigenvalue weighted by Crippen LogP contribution is -2.31. The van der Waals surface area contributed by atoms with Gasteiger partial charge in [0.05, 0.1) is 5.69 Å². The van der Waals surface area contributed by atoms with Crippen LogP contribution in [0.1, 0.15) is 56.0 Å². The Labute approximate surface area is 169 Å². The molecule has 1 N–H and O–H groups in total. The molecule has 0 saturated heterocycles. The Morgan fingerprint density at radius 2 is 2.03 bits per heavy atom. The molecule has 1 aliphatic heterocycles. The molecule has 1 aliphatic carbocycles. The van der Waals surface area contributed by atoms with Gasteiger partial charge in [-0.2, -0.15) is 5.10 Å². The van der Waals surface area contributed by atoms with Crippen molar-refractivity contribution in [3.63, 3.8) is 0 Å². The molecule has 0 aromatic carbocycles. The average Bonchev–Trinajstić information content (AvgIpc) is 3.44. The number of pyridine rings is 1. The van der Waals surface area contributed by atoms with Crippen LogP contribution in [0.4, 0.5) is 5.69 Å². The summed E-state index contributed by atoms with van der Waals surface area (Å²) in [5.41, 5.74) is 1.82. The van der Waals surface area contributed by atoms with Crippen LogP contribution in [0.25, 0.3) is 5.82 Å². The zero-order valence-electron chi connectivity index (χ0n) is 16.4. The van der Waals surface area contributed by atoms with Crippen LogP contribution in [0.3, 0.4) is 0 Å². The zero-order valence-corrected chi connectivity index (χ0v) is 16.4. The Kier molecular flexibility index (Phi) is 4.83. The largest absolute Gasteiger partial charge is 0.332 e. The van der Waals surface area contributed by atoms with Gasteiger partial charge in [-0.15, -0.1) is 0 Å². The fourth-order valence-corrected chi connectivity index (χ4v) is 4.63. The molecule has 8 nitrogen and oxygen atoms in total. The first-order valence-corrected chi connectivity index (χ1v) is 10.4. The quantitative estimate of drug-likeness (QED) is 0.738. The highest BCUT2D eigenvalue weighted by molar-refractivity contribution is 5.94. The van der Waals surface area contributed by atoms with Crippen molar-refractivity contribution >= 4 is 11.6 Å². The number of imidazole rings is 1. The third-order valence-electron chi connectivity index (χ3n) is 6.15. The number of nitrogens with one attached hydrogen (secondary N) is 1. The molecule has 29 heavy (non-hydrogen) atoms. The molecular formula is C21H25N7O. The Hall–Kier alpha value is -3.03. The first-order valence-electron chi connectivity index (χ1n) is 10.4. The average molecular weight is 391 g/mol. The minimum atomic E-state index is -0.0674. The highest BCUT2D eigenvalue weighted by Gasteiger charge is 2.29. The Bertz CT molecular complexity index is 988. The van der Waals surface area contributed by atoms with Gasteiger partial charge in [0.1, 0.15) is 18.5 Å². The van der Waals surface area contributed by atoms with E-state index >= 15 is 0 Å². The molecule has 1 amide bonds. The Morgan fingerprint density at radius 1 is 1.14 bits per heavy atom. The molecule has 0 radical (unpaired) electrons. The Morgan fingerprint density at radius 3 is 2.86 bits per heavy atom. The number of nitrogens with zero attached hydrogens (tertiary/aromatic N) is 6. The fraction of sp³-hybridized carbons (Fsp3) is 0.476. The lowest BCUT2D eigenvalue weighted by Gasteiger charge is -2.27. The summed E-state index contributed by atoms with van der Waals surface area (Å²) >= 11 is 0. The smallest absolute Gasteiger partial charge is 0.228 e. The number of carbonyl (C=O) groups is 1. The van der Waals surface area contributed by atoms with Crippen LogP contribution < -0.4 is 5.32 Å². The first-order chi connectivity index (χ1) is 14.3. The zero-order chi connectivity index (χ0) is 19.6. The molecule has 0 bridgehead atoms. The molecule has 5 rings (SSSR count). The third-order valence-corrected chi connectivity index (χ3v) is 6.15. The highest BCUT2D eigenvalue weighted by Crippen LogP contribution is 2.34. The first kappa shape index (κ1) is 18.0. The van der Waals surface area contributed by atoms with Crippen LogP contribution in [0.2, 0.25) is 0 Å². The summed E-state index contributed by atoms with van der Waals surface area (Å²) in [5.74, 6) is 2.34. The van der Waals surface area contributed by atoms with Crippen molar-refractivity contribution in [2.45, 2.75) is 57.4 Å². The van der Waals surface area contributed by atoms with E-state index in [9.17, 15) is 4.79 Å². The van der Waals surface area contributed by atoms with E-state index in [0.717, 1.165) is 19.4 Å². The van der Waals surface area contributed by atoms with Gasteiger partial charge >= 0.3 is 0 Å². The molecule has 1 saturated carbocycles. The summed E-state index contributed by atoms with van der Waals surface area (Å²) in [6, 6.07) is 3.65. The molecule has 3 aromatic heterocycles. The van der Waals surface area contributed by atoms with E-state index < -0.39 is 0 Å². The molecule has 1 atom stereocenters. The van der Waals surface area contributed by atoms with Crippen LogP contribution in [0.5, 0.6) is 0 Å². The van der Waals surface area contributed by atoms with E-state index in [2.05, 4.69) is 25.0 Å². The van der Waals surface area contributed by atoms with Crippen molar-refractivity contribution < 1.29 is 4.79 Å². The molecular weight excluding hydrogens is 366 g/mol. The summed E-state index contributed by atoms with van der Waals surface area (Å²) in [7, 11) is 0. The number of anilines is 1. The van der Waals surface area contributed by atoms with E-state index in [4.69, 9.17) is 4.98 Å². The minimum Gasteiger partial charge on any atom is -0.332 e. The normalized spacial score (nSPS) is 19.7. The van der Waals surface area contributed by atoms with Crippen molar-refractivity contribution in [2.24, 2.45) is 5.92 Å². The maximum atomic E-state index is 13.0. The number of rotatable bonds is 4. The van der Waals surface area contributed by atoms with Crippen LogP contribution in [0.15, 0.2) is 37.2 Å². The van der Waals surface area contributed by atoms with E-state index in [-0.39, 0.29) is 11.8 Å². The molecule has 8 heteroatoms. The predicted octanol–water partition coefficient (Wildman–Crippen LogP) is 3.11. The number of hydrogen-bond donors (Lipinski definition) is 1. The van der Waals surface area contributed by atoms with Gasteiger partial charge < -0.3 is 9.88 Å². The van der Waals surface area contributed by atoms with Gasteiger partial charge in [0.25, 0.3) is 0 Å². The summed E-state index contributed by atoms with van der Waals surface area (Å²) < 4.78 is 3.92. The number of hydrogen-bond acceptors (Lipinski definition) is 5. The van der Waals surface area contributed by atoms with E-state index in [1.165, 1.54) is 49.9 Å². The van der Waals surface area contributed by atoms with E-state index in [1.807, 2.05) is 18.3 Å². The molecule has 0 unspecified atom stereocenters. The molecule has 4 heterocycles. The molecule has 150 valence electrons. The molecule has 3 aromatic rings. The van der Waals surface area contributed by atoms with Gasteiger partial charge in [-0.05, 0) is 31.4 Å². The van der Waals surface area contributed by atoms with E-state index in [0.29, 0.717) is 17.4 Å². The molecule has 2 aliphatic rings. The minimum absolute atomic E-state index is 0.0195. The van der Waals surface area contributed by atoms with Crippen molar-refractivity contribution in [3.8, 4) is 5.82 Å². The van der Waals surface area contributed by atoms with Crippen molar-refractivity contribution in [3.05, 3.63) is 48.7 Å². The second-order valence-electron chi connectivity index (χ2n) is 7.99. The maximum absolute atomic E-state index is 13.0. The topological polar surface area (TPSA) is 90.5 Å². The van der Waals surface area contributed by atoms with Crippen molar-refractivity contribution in [1.29, 1.82) is 0 Å². The summed E-state index contributed by atoms with van der Waals surface area (Å²) in [4.78, 5) is 26.0. The lowest BCUT2D eigenvalue weighted by molar-refractivity contribution is -0.120. The second kappa shape index (κ2) is 7.77. The summed E-state index contributed by atoms with van der Waals surface area (Å²) in [6.07, 6.45) is 14.7. The van der Waals surface area contributed by atoms with Crippen LogP contribution in [0, 0.1) is 5.92 Å². The van der Waals surface area contributed by atoms with Crippen LogP contribution in [-0.2, 0) is 17.8 Å². The van der Waals surface area contributed by atoms with Crippen LogP contribution >= 0.6 is 0 Å². The number of fused-ring (bicyclic) bond motifs is 1. The SMILES string of the molecule is O=C(Nc1cccnc1-n1cncn1)[C@H]1CCn2c(cnc2C2CCCCC2)C1. The molecule has 0 spiro atoms. The van der Waals surface area contributed by atoms with Gasteiger partial charge in [-0.25, -0.2) is 19.6 Å². The van der Waals surface area contributed by atoms with E-state index in [1.54, 1.807) is 17.2 Å². The monoisotopic (exact) mass is 391 g/mol. The standard InChI is InChI=1S/C21H25N7O/c29-21(26-18-7-4-9-23-20(18)28-14-22-13-25-28)16-8-10-27-17(11-16)12-24-19(27)15-5-2-1-3-6-15/h4,7,9,12-16H,1-3,5-6,8,10-11H2,(H,26,29)/t16-/m0/s1. The fourth-order valence-electron chi connectivity index (χ4n) is 4.63. The van der Waals surface area contributed by atoms with Gasteiger partial charge in [0.2, 0.25) is 5.91 Å².